The molecular formula is C28H29N7OS2. The van der Waals surface area contributed by atoms with Crippen LogP contribution in [0.15, 0.2) is 65.3 Å². The van der Waals surface area contributed by atoms with E-state index in [4.69, 9.17) is 4.98 Å². The summed E-state index contributed by atoms with van der Waals surface area (Å²) in [6, 6.07) is 15.5. The smallest absolute Gasteiger partial charge is 0.227 e. The number of thioether (sulfide) groups is 1. The monoisotopic (exact) mass is 543 g/mol. The Hall–Kier alpha value is -3.78. The highest BCUT2D eigenvalue weighted by atomic mass is 32.2. The average Bonchev–Trinajstić information content (AvgIpc) is 3.33. The van der Waals surface area contributed by atoms with E-state index in [0.29, 0.717) is 29.3 Å². The Morgan fingerprint density at radius 1 is 1.13 bits per heavy atom. The molecule has 1 aromatic carbocycles. The Morgan fingerprint density at radius 3 is 2.66 bits per heavy atom. The number of carbonyl (C=O) groups excluding carboxylic acids is 1. The molecule has 38 heavy (non-hydrogen) atoms. The van der Waals surface area contributed by atoms with E-state index in [1.165, 1.54) is 11.3 Å². The third-order valence-electron chi connectivity index (χ3n) is 5.96. The van der Waals surface area contributed by atoms with Gasteiger partial charge in [0.05, 0.1) is 20.3 Å². The van der Waals surface area contributed by atoms with Crippen molar-refractivity contribution < 1.29 is 4.79 Å². The predicted molar refractivity (Wildman–Crippen MR) is 156 cm³/mol. The minimum Gasteiger partial charge on any atom is -0.326 e. The molecule has 8 nitrogen and oxygen atoms in total. The van der Waals surface area contributed by atoms with Crippen molar-refractivity contribution in [2.45, 2.75) is 24.5 Å². The maximum Gasteiger partial charge on any atom is 0.227 e. The first-order valence-corrected chi connectivity index (χ1v) is 14.3. The van der Waals surface area contributed by atoms with Gasteiger partial charge < -0.3 is 15.5 Å². The number of aromatic nitrogens is 3. The molecule has 0 spiro atoms. The summed E-state index contributed by atoms with van der Waals surface area (Å²) in [5.41, 5.74) is 4.50. The topological polar surface area (TPSA) is 107 Å². The molecule has 0 unspecified atom stereocenters. The molecule has 10 heteroatoms. The second kappa shape index (κ2) is 13.1. The minimum atomic E-state index is -0.0224. The van der Waals surface area contributed by atoms with Crippen LogP contribution in [0.25, 0.3) is 21.7 Å². The van der Waals surface area contributed by atoms with Gasteiger partial charge in [-0.1, -0.05) is 26.0 Å². The summed E-state index contributed by atoms with van der Waals surface area (Å²) in [5, 5.41) is 16.1. The van der Waals surface area contributed by atoms with E-state index in [1.54, 1.807) is 30.4 Å². The first kappa shape index (κ1) is 27.3. The molecule has 194 valence electrons. The lowest BCUT2D eigenvalue weighted by molar-refractivity contribution is -0.116. The summed E-state index contributed by atoms with van der Waals surface area (Å²) in [7, 11) is 0. The van der Waals surface area contributed by atoms with Gasteiger partial charge >= 0.3 is 0 Å². The summed E-state index contributed by atoms with van der Waals surface area (Å²) >= 11 is 3.08. The third-order valence-corrected chi connectivity index (χ3v) is 8.30. The molecule has 3 heterocycles. The van der Waals surface area contributed by atoms with Gasteiger partial charge in [0.1, 0.15) is 6.07 Å². The van der Waals surface area contributed by atoms with E-state index in [-0.39, 0.29) is 5.91 Å². The van der Waals surface area contributed by atoms with Crippen LogP contribution in [-0.2, 0) is 4.79 Å². The first-order chi connectivity index (χ1) is 18.6. The molecular weight excluding hydrogens is 514 g/mol. The Bertz CT molecular complexity index is 1430. The highest BCUT2D eigenvalue weighted by Gasteiger charge is 2.22. The van der Waals surface area contributed by atoms with E-state index in [2.05, 4.69) is 45.4 Å². The number of nitrogens with zero attached hydrogens (tertiary/aromatic N) is 5. The van der Waals surface area contributed by atoms with Crippen molar-refractivity contribution in [3.05, 3.63) is 66.6 Å². The van der Waals surface area contributed by atoms with Crippen LogP contribution in [0.5, 0.6) is 0 Å². The van der Waals surface area contributed by atoms with Gasteiger partial charge in [0.2, 0.25) is 11.9 Å². The summed E-state index contributed by atoms with van der Waals surface area (Å²) in [6.07, 6.45) is 7.57. The lowest BCUT2D eigenvalue weighted by Crippen LogP contribution is -2.27. The molecule has 0 saturated heterocycles. The van der Waals surface area contributed by atoms with Crippen LogP contribution in [0.1, 0.15) is 25.8 Å². The zero-order valence-corrected chi connectivity index (χ0v) is 23.2. The van der Waals surface area contributed by atoms with Crippen molar-refractivity contribution in [3.63, 3.8) is 0 Å². The fourth-order valence-electron chi connectivity index (χ4n) is 3.99. The molecule has 0 aliphatic heterocycles. The highest BCUT2D eigenvalue weighted by molar-refractivity contribution is 8.00. The highest BCUT2D eigenvalue weighted by Crippen LogP contribution is 2.45. The standard InChI is InChI=1S/C28H29N7OS2/c1-4-35(5-2)15-12-24(36)32-20-9-6-10-21(16-20)33-28-31-14-11-23(34-28)26-25(19-8-7-13-30-18-19)22(17-29)27(37-3)38-26/h6-11,13-14,16,18H,4-5,12,15H2,1-3H3,(H,32,36)(H,31,33,34). The number of carbonyl (C=O) groups is 1. The number of rotatable bonds is 11. The van der Waals surface area contributed by atoms with Crippen LogP contribution in [0.4, 0.5) is 17.3 Å². The SMILES string of the molecule is CCN(CC)CCC(=O)Nc1cccc(Nc2nccc(-c3sc(SC)c(C#N)c3-c3cccnc3)n2)c1. The van der Waals surface area contributed by atoms with Gasteiger partial charge in [-0.25, -0.2) is 9.97 Å². The van der Waals surface area contributed by atoms with Gasteiger partial charge in [-0.3, -0.25) is 9.78 Å². The Morgan fingerprint density at radius 2 is 1.95 bits per heavy atom. The Kier molecular flexibility index (Phi) is 9.43. The number of nitriles is 1. The molecule has 0 bridgehead atoms. The van der Waals surface area contributed by atoms with E-state index >= 15 is 0 Å². The fourth-order valence-corrected chi connectivity index (χ4v) is 5.90. The van der Waals surface area contributed by atoms with Crippen LogP contribution in [0.2, 0.25) is 0 Å². The minimum absolute atomic E-state index is 0.0224. The van der Waals surface area contributed by atoms with Crippen molar-refractivity contribution in [2.75, 3.05) is 36.5 Å². The number of benzene rings is 1. The second-order valence-corrected chi connectivity index (χ2v) is 10.4. The van der Waals surface area contributed by atoms with Crippen LogP contribution in [0, 0.1) is 11.3 Å². The van der Waals surface area contributed by atoms with Crippen molar-refractivity contribution >= 4 is 46.3 Å². The second-order valence-electron chi connectivity index (χ2n) is 8.32. The summed E-state index contributed by atoms with van der Waals surface area (Å²) in [5.74, 6) is 0.396. The first-order valence-electron chi connectivity index (χ1n) is 12.3. The molecule has 4 aromatic rings. The molecule has 0 saturated carbocycles. The van der Waals surface area contributed by atoms with Gasteiger partial charge in [0, 0.05) is 54.1 Å². The molecule has 3 aromatic heterocycles. The molecule has 4 rings (SSSR count). The molecule has 2 N–H and O–H groups in total. The largest absolute Gasteiger partial charge is 0.326 e. The van der Waals surface area contributed by atoms with E-state index < -0.39 is 0 Å². The van der Waals surface area contributed by atoms with Crippen molar-refractivity contribution in [2.24, 2.45) is 0 Å². The van der Waals surface area contributed by atoms with E-state index in [1.807, 2.05) is 48.7 Å². The van der Waals surface area contributed by atoms with Gasteiger partial charge in [0.25, 0.3) is 0 Å². The number of amides is 1. The maximum absolute atomic E-state index is 12.4. The molecule has 0 aliphatic carbocycles. The molecule has 0 atom stereocenters. The number of anilines is 3. The number of pyridine rings is 1. The fraction of sp³-hybridized carbons (Fsp3) is 0.250. The molecule has 0 aliphatic rings. The maximum atomic E-state index is 12.4. The number of hydrogen-bond acceptors (Lipinski definition) is 9. The predicted octanol–water partition coefficient (Wildman–Crippen LogP) is 6.27. The third kappa shape index (κ3) is 6.55. The van der Waals surface area contributed by atoms with Crippen molar-refractivity contribution in [1.82, 2.24) is 19.9 Å². The van der Waals surface area contributed by atoms with Crippen LogP contribution in [-0.4, -0.2) is 51.6 Å². The average molecular weight is 544 g/mol. The van der Waals surface area contributed by atoms with Gasteiger partial charge in [-0.2, -0.15) is 5.26 Å². The lowest BCUT2D eigenvalue weighted by atomic mass is 10.0. The van der Waals surface area contributed by atoms with Crippen LogP contribution < -0.4 is 10.6 Å². The molecule has 0 radical (unpaired) electrons. The quantitative estimate of drug-likeness (QED) is 0.213. The van der Waals surface area contributed by atoms with Gasteiger partial charge in [-0.05, 0) is 49.7 Å². The number of hydrogen-bond donors (Lipinski definition) is 2. The number of nitrogens with one attached hydrogen (secondary N) is 2. The van der Waals surface area contributed by atoms with Crippen LogP contribution >= 0.6 is 23.1 Å². The zero-order valence-electron chi connectivity index (χ0n) is 21.6. The van der Waals surface area contributed by atoms with Gasteiger partial charge in [-0.15, -0.1) is 23.1 Å². The van der Waals surface area contributed by atoms with E-state index in [9.17, 15) is 10.1 Å². The lowest BCUT2D eigenvalue weighted by Gasteiger charge is -2.17. The Balaban J connectivity index is 1.56. The molecule has 1 amide bonds. The van der Waals surface area contributed by atoms with Crippen molar-refractivity contribution in [3.8, 4) is 27.8 Å². The van der Waals surface area contributed by atoms with Crippen LogP contribution in [0.3, 0.4) is 0 Å². The zero-order chi connectivity index (χ0) is 26.9. The normalized spacial score (nSPS) is 10.8. The summed E-state index contributed by atoms with van der Waals surface area (Å²) < 4.78 is 0.930. The molecule has 0 fully saturated rings. The van der Waals surface area contributed by atoms with E-state index in [0.717, 1.165) is 45.5 Å². The summed E-state index contributed by atoms with van der Waals surface area (Å²) in [4.78, 5) is 29.0. The number of thiophene rings is 1. The summed E-state index contributed by atoms with van der Waals surface area (Å²) in [6.45, 7) is 6.76. The Labute approximate surface area is 231 Å². The van der Waals surface area contributed by atoms with Gasteiger partial charge in [0.15, 0.2) is 0 Å². The van der Waals surface area contributed by atoms with Crippen molar-refractivity contribution in [1.29, 1.82) is 5.26 Å².